The van der Waals surface area contributed by atoms with Crippen LogP contribution in [0.1, 0.15) is 19.8 Å². The van der Waals surface area contributed by atoms with Crippen molar-refractivity contribution in [3.05, 3.63) is 30.1 Å². The number of piperidine rings is 1. The minimum Gasteiger partial charge on any atom is -0.492 e. The molecule has 1 saturated heterocycles. The molecule has 1 fully saturated rings. The molecule has 2 rings (SSSR count). The average Bonchev–Trinajstić information content (AvgIpc) is 2.46. The van der Waals surface area contributed by atoms with E-state index in [1.54, 1.807) is 12.1 Å². The fourth-order valence-corrected chi connectivity index (χ4v) is 2.56. The summed E-state index contributed by atoms with van der Waals surface area (Å²) < 4.78 is 18.4. The van der Waals surface area contributed by atoms with Crippen LogP contribution < -0.4 is 10.1 Å². The molecule has 0 radical (unpaired) electrons. The van der Waals surface area contributed by atoms with Crippen molar-refractivity contribution in [1.82, 2.24) is 10.2 Å². The summed E-state index contributed by atoms with van der Waals surface area (Å²) in [5.41, 5.74) is 0. The Morgan fingerprint density at radius 2 is 2.16 bits per heavy atom. The maximum absolute atomic E-state index is 12.8. The standard InChI is InChI=1S/C15H23FN2O/c1-2-18(14-4-3-9-17-12-14)10-11-19-15-7-5-13(16)6-8-15/h5-8,14,17H,2-4,9-12H2,1H3. The molecule has 0 spiro atoms. The van der Waals surface area contributed by atoms with E-state index in [1.165, 1.54) is 25.0 Å². The first-order chi connectivity index (χ1) is 9.29. The summed E-state index contributed by atoms with van der Waals surface area (Å²) in [5.74, 6) is 0.509. The van der Waals surface area contributed by atoms with Gasteiger partial charge in [-0.2, -0.15) is 0 Å². The van der Waals surface area contributed by atoms with Crippen LogP contribution >= 0.6 is 0 Å². The van der Waals surface area contributed by atoms with Gasteiger partial charge in [-0.15, -0.1) is 0 Å². The van der Waals surface area contributed by atoms with E-state index in [9.17, 15) is 4.39 Å². The highest BCUT2D eigenvalue weighted by atomic mass is 19.1. The Bertz CT molecular complexity index is 363. The summed E-state index contributed by atoms with van der Waals surface area (Å²) in [7, 11) is 0. The Labute approximate surface area is 114 Å². The number of hydrogen-bond acceptors (Lipinski definition) is 3. The number of nitrogens with one attached hydrogen (secondary N) is 1. The van der Waals surface area contributed by atoms with Crippen LogP contribution in [-0.2, 0) is 0 Å². The van der Waals surface area contributed by atoms with E-state index in [-0.39, 0.29) is 5.82 Å². The van der Waals surface area contributed by atoms with E-state index in [4.69, 9.17) is 4.74 Å². The van der Waals surface area contributed by atoms with Crippen molar-refractivity contribution in [2.24, 2.45) is 0 Å². The number of rotatable bonds is 6. The third-order valence-corrected chi connectivity index (χ3v) is 3.65. The summed E-state index contributed by atoms with van der Waals surface area (Å²) >= 11 is 0. The lowest BCUT2D eigenvalue weighted by molar-refractivity contribution is 0.144. The van der Waals surface area contributed by atoms with Gasteiger partial charge in [-0.25, -0.2) is 4.39 Å². The lowest BCUT2D eigenvalue weighted by atomic mass is 10.1. The van der Waals surface area contributed by atoms with Crippen molar-refractivity contribution in [1.29, 1.82) is 0 Å². The van der Waals surface area contributed by atoms with E-state index in [1.807, 2.05) is 0 Å². The van der Waals surface area contributed by atoms with Gasteiger partial charge in [0.2, 0.25) is 0 Å². The molecule has 1 unspecified atom stereocenters. The minimum absolute atomic E-state index is 0.226. The molecule has 1 aliphatic heterocycles. The van der Waals surface area contributed by atoms with Crippen LogP contribution in [0.25, 0.3) is 0 Å². The zero-order valence-electron chi connectivity index (χ0n) is 11.6. The highest BCUT2D eigenvalue weighted by molar-refractivity contribution is 5.21. The van der Waals surface area contributed by atoms with Gasteiger partial charge >= 0.3 is 0 Å². The number of hydrogen-bond donors (Lipinski definition) is 1. The Balaban J connectivity index is 1.74. The number of nitrogens with zero attached hydrogens (tertiary/aromatic N) is 1. The molecular weight excluding hydrogens is 243 g/mol. The van der Waals surface area contributed by atoms with E-state index in [2.05, 4.69) is 17.1 Å². The molecule has 0 bridgehead atoms. The number of ether oxygens (including phenoxy) is 1. The Hall–Kier alpha value is -1.13. The van der Waals surface area contributed by atoms with Gasteiger partial charge in [-0.3, -0.25) is 4.90 Å². The van der Waals surface area contributed by atoms with Gasteiger partial charge in [-0.1, -0.05) is 6.92 Å². The predicted molar refractivity (Wildman–Crippen MR) is 75.0 cm³/mol. The van der Waals surface area contributed by atoms with Crippen LogP contribution in [0.2, 0.25) is 0 Å². The fourth-order valence-electron chi connectivity index (χ4n) is 2.56. The predicted octanol–water partition coefficient (Wildman–Crippen LogP) is 2.28. The van der Waals surface area contributed by atoms with Crippen LogP contribution in [0.4, 0.5) is 4.39 Å². The zero-order valence-corrected chi connectivity index (χ0v) is 11.6. The Morgan fingerprint density at radius 3 is 2.79 bits per heavy atom. The summed E-state index contributed by atoms with van der Waals surface area (Å²) in [4.78, 5) is 2.45. The van der Waals surface area contributed by atoms with Crippen LogP contribution in [-0.4, -0.2) is 43.7 Å². The van der Waals surface area contributed by atoms with Crippen molar-refractivity contribution in [3.8, 4) is 5.75 Å². The topological polar surface area (TPSA) is 24.5 Å². The lowest BCUT2D eigenvalue weighted by Gasteiger charge is -2.33. The van der Waals surface area contributed by atoms with Crippen LogP contribution in [0.5, 0.6) is 5.75 Å². The van der Waals surface area contributed by atoms with Gasteiger partial charge in [0.15, 0.2) is 0 Å². The van der Waals surface area contributed by atoms with Gasteiger partial charge < -0.3 is 10.1 Å². The smallest absolute Gasteiger partial charge is 0.123 e. The monoisotopic (exact) mass is 266 g/mol. The molecule has 0 aliphatic carbocycles. The van der Waals surface area contributed by atoms with Gasteiger partial charge in [0, 0.05) is 19.1 Å². The van der Waals surface area contributed by atoms with E-state index < -0.39 is 0 Å². The van der Waals surface area contributed by atoms with E-state index >= 15 is 0 Å². The molecule has 1 aliphatic rings. The minimum atomic E-state index is -0.226. The summed E-state index contributed by atoms with van der Waals surface area (Å²) in [5, 5.41) is 3.44. The first-order valence-corrected chi connectivity index (χ1v) is 7.12. The maximum atomic E-state index is 12.8. The third-order valence-electron chi connectivity index (χ3n) is 3.65. The second kappa shape index (κ2) is 7.46. The van der Waals surface area contributed by atoms with Crippen molar-refractivity contribution in [3.63, 3.8) is 0 Å². The van der Waals surface area contributed by atoms with E-state index in [0.29, 0.717) is 12.6 Å². The second-order valence-electron chi connectivity index (χ2n) is 4.93. The first-order valence-electron chi connectivity index (χ1n) is 7.12. The average molecular weight is 266 g/mol. The molecule has 0 amide bonds. The van der Waals surface area contributed by atoms with Gasteiger partial charge in [0.1, 0.15) is 18.2 Å². The van der Waals surface area contributed by atoms with Crippen molar-refractivity contribution in [2.75, 3.05) is 32.8 Å². The van der Waals surface area contributed by atoms with Crippen molar-refractivity contribution in [2.45, 2.75) is 25.8 Å². The largest absolute Gasteiger partial charge is 0.492 e. The lowest BCUT2D eigenvalue weighted by Crippen LogP contribution is -2.47. The van der Waals surface area contributed by atoms with Crippen LogP contribution in [0.3, 0.4) is 0 Å². The molecular formula is C15H23FN2O. The summed E-state index contributed by atoms with van der Waals surface area (Å²) in [6.45, 7) is 7.01. The highest BCUT2D eigenvalue weighted by Crippen LogP contribution is 2.12. The molecule has 19 heavy (non-hydrogen) atoms. The first kappa shape index (κ1) is 14.3. The summed E-state index contributed by atoms with van der Waals surface area (Å²) in [6, 6.07) is 6.83. The summed E-state index contributed by atoms with van der Waals surface area (Å²) in [6.07, 6.45) is 2.51. The van der Waals surface area contributed by atoms with Crippen molar-refractivity contribution < 1.29 is 9.13 Å². The van der Waals surface area contributed by atoms with Gasteiger partial charge in [0.05, 0.1) is 0 Å². The Morgan fingerprint density at radius 1 is 1.37 bits per heavy atom. The quantitative estimate of drug-likeness (QED) is 0.855. The maximum Gasteiger partial charge on any atom is 0.123 e. The number of halogens is 1. The number of likely N-dealkylation sites (N-methyl/N-ethyl adjacent to an activating group) is 1. The van der Waals surface area contributed by atoms with Gasteiger partial charge in [0.25, 0.3) is 0 Å². The van der Waals surface area contributed by atoms with Crippen LogP contribution in [0, 0.1) is 5.82 Å². The molecule has 1 atom stereocenters. The zero-order chi connectivity index (χ0) is 13.5. The molecule has 106 valence electrons. The highest BCUT2D eigenvalue weighted by Gasteiger charge is 2.19. The SMILES string of the molecule is CCN(CCOc1ccc(F)cc1)C1CCCNC1. The molecule has 1 N–H and O–H groups in total. The normalized spacial score (nSPS) is 19.6. The molecule has 0 saturated carbocycles. The fraction of sp³-hybridized carbons (Fsp3) is 0.600. The molecule has 1 heterocycles. The molecule has 1 aromatic rings. The second-order valence-corrected chi connectivity index (χ2v) is 4.93. The Kier molecular flexibility index (Phi) is 5.61. The van der Waals surface area contributed by atoms with E-state index in [0.717, 1.165) is 31.9 Å². The molecule has 0 aromatic heterocycles. The molecule has 1 aromatic carbocycles. The van der Waals surface area contributed by atoms with Crippen molar-refractivity contribution >= 4 is 0 Å². The van der Waals surface area contributed by atoms with Gasteiger partial charge in [-0.05, 0) is 50.2 Å². The third kappa shape index (κ3) is 4.48. The van der Waals surface area contributed by atoms with Crippen LogP contribution in [0.15, 0.2) is 24.3 Å². The molecule has 3 nitrogen and oxygen atoms in total. The molecule has 4 heteroatoms. The number of benzene rings is 1.